The summed E-state index contributed by atoms with van der Waals surface area (Å²) < 4.78 is 10.8. The van der Waals surface area contributed by atoms with Gasteiger partial charge < -0.3 is 24.9 Å². The Morgan fingerprint density at radius 3 is 2.86 bits per heavy atom. The van der Waals surface area contributed by atoms with E-state index in [2.05, 4.69) is 27.8 Å². The number of carbonyl (C=O) groups excluding carboxylic acids is 1. The van der Waals surface area contributed by atoms with E-state index in [1.807, 2.05) is 12.1 Å². The monoisotopic (exact) mass is 393 g/mol. The molecule has 4 rings (SSSR count). The van der Waals surface area contributed by atoms with Gasteiger partial charge >= 0.3 is 0 Å². The van der Waals surface area contributed by atoms with Gasteiger partial charge in [-0.3, -0.25) is 4.79 Å². The first-order chi connectivity index (χ1) is 14.0. The number of aryl methyl sites for hydroxylation is 1. The standard InChI is InChI=1S/C22H23N3O4/c1-13-18(25-22(29-13)15-7-8-20(28-2)19(26)10-15)12-24-21(27)17-9-14-5-3-4-6-16(14)11-23-17/h3-8,10,17,23,26H,9,11-12H2,1-2H3,(H,24,27)/t17-/m1/s1. The number of oxazole rings is 1. The van der Waals surface area contributed by atoms with Crippen LogP contribution in [0.15, 0.2) is 46.9 Å². The molecule has 1 aliphatic rings. The zero-order chi connectivity index (χ0) is 20.4. The number of methoxy groups -OCH3 is 1. The van der Waals surface area contributed by atoms with Gasteiger partial charge in [-0.15, -0.1) is 0 Å². The molecule has 3 N–H and O–H groups in total. The van der Waals surface area contributed by atoms with Crippen LogP contribution in [0.1, 0.15) is 22.6 Å². The molecule has 0 spiro atoms. The van der Waals surface area contributed by atoms with E-state index in [9.17, 15) is 9.90 Å². The number of phenols is 1. The van der Waals surface area contributed by atoms with Crippen molar-refractivity contribution >= 4 is 5.91 Å². The topological polar surface area (TPSA) is 96.6 Å². The lowest BCUT2D eigenvalue weighted by atomic mass is 9.95. The van der Waals surface area contributed by atoms with E-state index in [0.717, 1.165) is 0 Å². The van der Waals surface area contributed by atoms with Gasteiger partial charge in [0.05, 0.1) is 19.7 Å². The van der Waals surface area contributed by atoms with Crippen LogP contribution in [0.25, 0.3) is 11.5 Å². The van der Waals surface area contributed by atoms with Crippen molar-refractivity contribution in [3.8, 4) is 23.0 Å². The lowest BCUT2D eigenvalue weighted by Gasteiger charge is -2.25. The smallest absolute Gasteiger partial charge is 0.237 e. The SMILES string of the molecule is COc1ccc(-c2nc(CNC(=O)[C@H]3Cc4ccccc4CN3)c(C)o2)cc1O. The third-order valence-corrected chi connectivity index (χ3v) is 5.15. The molecule has 3 aromatic rings. The van der Waals surface area contributed by atoms with Crippen molar-refractivity contribution in [2.24, 2.45) is 0 Å². The maximum Gasteiger partial charge on any atom is 0.237 e. The van der Waals surface area contributed by atoms with Crippen LogP contribution in [0.4, 0.5) is 0 Å². The highest BCUT2D eigenvalue weighted by Gasteiger charge is 2.24. The fourth-order valence-corrected chi connectivity index (χ4v) is 3.47. The second-order valence-corrected chi connectivity index (χ2v) is 7.03. The normalized spacial score (nSPS) is 15.6. The van der Waals surface area contributed by atoms with Crippen molar-refractivity contribution in [1.29, 1.82) is 0 Å². The summed E-state index contributed by atoms with van der Waals surface area (Å²) in [6, 6.07) is 12.8. The third kappa shape index (κ3) is 3.95. The molecule has 0 aliphatic carbocycles. The molecule has 0 bridgehead atoms. The molecule has 0 radical (unpaired) electrons. The van der Waals surface area contributed by atoms with Crippen LogP contribution in [-0.4, -0.2) is 29.1 Å². The van der Waals surface area contributed by atoms with Crippen LogP contribution in [0.3, 0.4) is 0 Å². The van der Waals surface area contributed by atoms with Gasteiger partial charge in [-0.1, -0.05) is 24.3 Å². The van der Waals surface area contributed by atoms with Crippen LogP contribution in [-0.2, 0) is 24.3 Å². The van der Waals surface area contributed by atoms with Gasteiger partial charge in [0.25, 0.3) is 0 Å². The molecule has 0 saturated heterocycles. The summed E-state index contributed by atoms with van der Waals surface area (Å²) in [5, 5.41) is 16.2. The van der Waals surface area contributed by atoms with E-state index in [1.54, 1.807) is 19.1 Å². The lowest BCUT2D eigenvalue weighted by Crippen LogP contribution is -2.47. The van der Waals surface area contributed by atoms with Crippen LogP contribution < -0.4 is 15.4 Å². The number of benzene rings is 2. The molecule has 0 unspecified atom stereocenters. The van der Waals surface area contributed by atoms with Crippen LogP contribution in [0.5, 0.6) is 11.5 Å². The number of phenolic OH excluding ortho intramolecular Hbond substituents is 1. The fourth-order valence-electron chi connectivity index (χ4n) is 3.47. The first-order valence-corrected chi connectivity index (χ1v) is 9.46. The van der Waals surface area contributed by atoms with Gasteiger partial charge in [-0.25, -0.2) is 4.98 Å². The Balaban J connectivity index is 1.42. The average Bonchev–Trinajstić information content (AvgIpc) is 3.12. The molecule has 1 atom stereocenters. The van der Waals surface area contributed by atoms with Gasteiger partial charge in [0.15, 0.2) is 11.5 Å². The summed E-state index contributed by atoms with van der Waals surface area (Å²) in [6.07, 6.45) is 0.663. The Morgan fingerprint density at radius 1 is 1.31 bits per heavy atom. The number of fused-ring (bicyclic) bond motifs is 1. The van der Waals surface area contributed by atoms with Gasteiger partial charge in [-0.2, -0.15) is 0 Å². The molecule has 7 heteroatoms. The maximum atomic E-state index is 12.6. The van der Waals surface area contributed by atoms with Crippen molar-refractivity contribution in [2.75, 3.05) is 7.11 Å². The van der Waals surface area contributed by atoms with Crippen molar-refractivity contribution in [3.05, 3.63) is 65.0 Å². The number of aromatic hydroxyl groups is 1. The summed E-state index contributed by atoms with van der Waals surface area (Å²) in [5.41, 5.74) is 3.72. The van der Waals surface area contributed by atoms with Crippen LogP contribution >= 0.6 is 0 Å². The minimum Gasteiger partial charge on any atom is -0.504 e. The fraction of sp³-hybridized carbons (Fsp3) is 0.273. The van der Waals surface area contributed by atoms with E-state index in [1.165, 1.54) is 24.3 Å². The second-order valence-electron chi connectivity index (χ2n) is 7.03. The molecule has 1 amide bonds. The van der Waals surface area contributed by atoms with E-state index >= 15 is 0 Å². The van der Waals surface area contributed by atoms with Gasteiger partial charge in [0.2, 0.25) is 11.8 Å². The summed E-state index contributed by atoms with van der Waals surface area (Å²) in [6.45, 7) is 2.76. The molecular formula is C22H23N3O4. The Bertz CT molecular complexity index is 1040. The minimum atomic E-state index is -0.268. The minimum absolute atomic E-state index is 0.0133. The summed E-state index contributed by atoms with van der Waals surface area (Å²) in [4.78, 5) is 17.1. The van der Waals surface area contributed by atoms with E-state index in [4.69, 9.17) is 9.15 Å². The number of rotatable bonds is 5. The largest absolute Gasteiger partial charge is 0.504 e. The summed E-state index contributed by atoms with van der Waals surface area (Å²) in [7, 11) is 1.49. The second kappa shape index (κ2) is 7.97. The van der Waals surface area contributed by atoms with Gasteiger partial charge in [-0.05, 0) is 42.7 Å². The predicted octanol–water partition coefficient (Wildman–Crippen LogP) is 2.69. The van der Waals surface area contributed by atoms with Crippen LogP contribution in [0.2, 0.25) is 0 Å². The first-order valence-electron chi connectivity index (χ1n) is 9.46. The van der Waals surface area contributed by atoms with E-state index < -0.39 is 0 Å². The molecule has 2 heterocycles. The highest BCUT2D eigenvalue weighted by molar-refractivity contribution is 5.82. The highest BCUT2D eigenvalue weighted by atomic mass is 16.5. The number of aromatic nitrogens is 1. The highest BCUT2D eigenvalue weighted by Crippen LogP contribution is 2.31. The zero-order valence-electron chi connectivity index (χ0n) is 16.4. The zero-order valence-corrected chi connectivity index (χ0v) is 16.4. The quantitative estimate of drug-likeness (QED) is 0.617. The number of nitrogens with zero attached hydrogens (tertiary/aromatic N) is 1. The molecular weight excluding hydrogens is 370 g/mol. The molecule has 0 fully saturated rings. The number of ether oxygens (including phenoxy) is 1. The molecule has 150 valence electrons. The summed E-state index contributed by atoms with van der Waals surface area (Å²) in [5.74, 6) is 1.34. The molecule has 1 aromatic heterocycles. The Kier molecular flexibility index (Phi) is 5.22. The number of carbonyl (C=O) groups is 1. The Labute approximate surface area is 168 Å². The van der Waals surface area contributed by atoms with Crippen molar-refractivity contribution in [2.45, 2.75) is 32.5 Å². The summed E-state index contributed by atoms with van der Waals surface area (Å²) >= 11 is 0. The Hall–Kier alpha value is -3.32. The van der Waals surface area contributed by atoms with E-state index in [0.29, 0.717) is 41.6 Å². The maximum absolute atomic E-state index is 12.6. The molecule has 0 saturated carbocycles. The number of nitrogens with one attached hydrogen (secondary N) is 2. The van der Waals surface area contributed by atoms with Crippen molar-refractivity contribution in [3.63, 3.8) is 0 Å². The first kappa shape index (κ1) is 19.0. The predicted molar refractivity (Wildman–Crippen MR) is 108 cm³/mol. The lowest BCUT2D eigenvalue weighted by molar-refractivity contribution is -0.123. The average molecular weight is 393 g/mol. The number of amides is 1. The van der Waals surface area contributed by atoms with Gasteiger partial charge in [0, 0.05) is 12.1 Å². The number of hydrogen-bond acceptors (Lipinski definition) is 6. The molecule has 29 heavy (non-hydrogen) atoms. The van der Waals surface area contributed by atoms with Gasteiger partial charge in [0.1, 0.15) is 11.5 Å². The molecule has 7 nitrogen and oxygen atoms in total. The number of hydrogen-bond donors (Lipinski definition) is 3. The molecule has 1 aliphatic heterocycles. The van der Waals surface area contributed by atoms with Crippen molar-refractivity contribution in [1.82, 2.24) is 15.6 Å². The van der Waals surface area contributed by atoms with E-state index in [-0.39, 0.29) is 24.2 Å². The Morgan fingerprint density at radius 2 is 2.10 bits per heavy atom. The van der Waals surface area contributed by atoms with Crippen LogP contribution in [0, 0.1) is 6.92 Å². The third-order valence-electron chi connectivity index (χ3n) is 5.15. The van der Waals surface area contributed by atoms with Crippen molar-refractivity contribution < 1.29 is 19.1 Å². The molecule has 2 aromatic carbocycles.